The van der Waals surface area contributed by atoms with Crippen molar-refractivity contribution >= 4 is 50.9 Å². The predicted molar refractivity (Wildman–Crippen MR) is 114 cm³/mol. The van der Waals surface area contributed by atoms with Crippen LogP contribution in [0, 0.1) is 0 Å². The molecule has 0 radical (unpaired) electrons. The summed E-state index contributed by atoms with van der Waals surface area (Å²) in [7, 11) is 1.65. The Labute approximate surface area is 175 Å². The highest BCUT2D eigenvalue weighted by atomic mass is 79.9. The second-order valence-electron chi connectivity index (χ2n) is 6.13. The summed E-state index contributed by atoms with van der Waals surface area (Å²) in [5, 5.41) is 12.2. The lowest BCUT2D eigenvalue weighted by Gasteiger charge is -2.15. The molecule has 7 nitrogen and oxygen atoms in total. The molecular weight excluding hydrogens is 442 g/mol. The van der Waals surface area contributed by atoms with E-state index in [4.69, 9.17) is 4.74 Å². The molecule has 0 atom stereocenters. The quantitative estimate of drug-likeness (QED) is 0.562. The van der Waals surface area contributed by atoms with Crippen molar-refractivity contribution < 1.29 is 9.53 Å². The molecule has 9 heteroatoms. The van der Waals surface area contributed by atoms with Gasteiger partial charge in [-0.3, -0.25) is 9.36 Å². The van der Waals surface area contributed by atoms with Crippen molar-refractivity contribution in [1.29, 1.82) is 0 Å². The van der Waals surface area contributed by atoms with Gasteiger partial charge in [-0.25, -0.2) is 0 Å². The SMILES string of the molecule is COc1ccc(N2CCn3c(SCC(=O)Nc4ccc(Br)cc4)nnc32)cc1. The van der Waals surface area contributed by atoms with E-state index in [1.54, 1.807) is 7.11 Å². The van der Waals surface area contributed by atoms with Crippen LogP contribution in [-0.4, -0.2) is 40.1 Å². The number of carbonyl (C=O) groups is 1. The molecule has 1 aliphatic rings. The fourth-order valence-electron chi connectivity index (χ4n) is 2.95. The number of hydrogen-bond donors (Lipinski definition) is 1. The van der Waals surface area contributed by atoms with Crippen LogP contribution in [0.4, 0.5) is 17.3 Å². The van der Waals surface area contributed by atoms with Crippen molar-refractivity contribution in [2.75, 3.05) is 29.6 Å². The Hall–Kier alpha value is -2.52. The van der Waals surface area contributed by atoms with Gasteiger partial charge in [0.05, 0.1) is 12.9 Å². The number of halogens is 1. The smallest absolute Gasteiger partial charge is 0.234 e. The first-order valence-corrected chi connectivity index (χ1v) is 10.4. The van der Waals surface area contributed by atoms with Gasteiger partial charge in [-0.15, -0.1) is 10.2 Å². The molecule has 0 aliphatic carbocycles. The van der Waals surface area contributed by atoms with Crippen molar-refractivity contribution in [3.8, 4) is 5.75 Å². The maximum Gasteiger partial charge on any atom is 0.234 e. The molecule has 0 saturated carbocycles. The van der Waals surface area contributed by atoms with Crippen LogP contribution in [-0.2, 0) is 11.3 Å². The Balaban J connectivity index is 1.39. The number of thioether (sulfide) groups is 1. The first kappa shape index (κ1) is 18.8. The van der Waals surface area contributed by atoms with Gasteiger partial charge in [0.15, 0.2) is 5.16 Å². The fraction of sp³-hybridized carbons (Fsp3) is 0.211. The second kappa shape index (κ2) is 8.24. The number of benzene rings is 2. The van der Waals surface area contributed by atoms with Crippen molar-refractivity contribution in [1.82, 2.24) is 14.8 Å². The zero-order valence-electron chi connectivity index (χ0n) is 15.1. The molecule has 1 aliphatic heterocycles. The number of methoxy groups -OCH3 is 1. The summed E-state index contributed by atoms with van der Waals surface area (Å²) in [5.41, 5.74) is 1.81. The molecular formula is C19H18BrN5O2S. The standard InChI is InChI=1S/C19H18BrN5O2S/c1-27-16-8-6-15(7-9-16)24-10-11-25-18(24)22-23-19(25)28-12-17(26)21-14-4-2-13(20)3-5-14/h2-9H,10-12H2,1H3,(H,21,26). The Morgan fingerprint density at radius 2 is 1.89 bits per heavy atom. The number of nitrogens with one attached hydrogen (secondary N) is 1. The molecule has 3 aromatic rings. The summed E-state index contributed by atoms with van der Waals surface area (Å²) in [4.78, 5) is 14.3. The summed E-state index contributed by atoms with van der Waals surface area (Å²) in [6.45, 7) is 1.60. The molecule has 2 aromatic carbocycles. The zero-order valence-corrected chi connectivity index (χ0v) is 17.5. The Kier molecular flexibility index (Phi) is 5.54. The molecule has 0 saturated heterocycles. The highest BCUT2D eigenvalue weighted by Crippen LogP contribution is 2.32. The van der Waals surface area contributed by atoms with Gasteiger partial charge in [-0.05, 0) is 48.5 Å². The van der Waals surface area contributed by atoms with Crippen molar-refractivity contribution in [3.63, 3.8) is 0 Å². The van der Waals surface area contributed by atoms with Gasteiger partial charge in [0.1, 0.15) is 5.75 Å². The van der Waals surface area contributed by atoms with Crippen LogP contribution in [0.15, 0.2) is 58.2 Å². The van der Waals surface area contributed by atoms with Crippen LogP contribution in [0.1, 0.15) is 0 Å². The van der Waals surface area contributed by atoms with Crippen LogP contribution in [0.2, 0.25) is 0 Å². The first-order valence-electron chi connectivity index (χ1n) is 8.67. The maximum absolute atomic E-state index is 12.2. The molecule has 1 N–H and O–H groups in total. The molecule has 2 heterocycles. The molecule has 1 aromatic heterocycles. The average Bonchev–Trinajstić information content (AvgIpc) is 3.31. The minimum absolute atomic E-state index is 0.0744. The number of hydrogen-bond acceptors (Lipinski definition) is 6. The Morgan fingerprint density at radius 1 is 1.14 bits per heavy atom. The third-order valence-corrected chi connectivity index (χ3v) is 5.83. The molecule has 0 unspecified atom stereocenters. The first-order chi connectivity index (χ1) is 13.6. The van der Waals surface area contributed by atoms with E-state index in [1.165, 1.54) is 11.8 Å². The third-order valence-electron chi connectivity index (χ3n) is 4.33. The summed E-state index contributed by atoms with van der Waals surface area (Å²) in [5.74, 6) is 1.81. The van der Waals surface area contributed by atoms with E-state index in [1.807, 2.05) is 53.1 Å². The van der Waals surface area contributed by atoms with E-state index in [9.17, 15) is 4.79 Å². The monoisotopic (exact) mass is 459 g/mol. The van der Waals surface area contributed by atoms with Crippen molar-refractivity contribution in [2.24, 2.45) is 0 Å². The van der Waals surface area contributed by atoms with E-state index in [0.717, 1.165) is 45.8 Å². The molecule has 28 heavy (non-hydrogen) atoms. The number of anilines is 3. The highest BCUT2D eigenvalue weighted by Gasteiger charge is 2.26. The van der Waals surface area contributed by atoms with Crippen LogP contribution in [0.3, 0.4) is 0 Å². The second-order valence-corrected chi connectivity index (χ2v) is 7.99. The number of amides is 1. The summed E-state index contributed by atoms with van der Waals surface area (Å²) in [6, 6.07) is 15.3. The number of ether oxygens (including phenoxy) is 1. The van der Waals surface area contributed by atoms with E-state index < -0.39 is 0 Å². The van der Waals surface area contributed by atoms with Crippen LogP contribution < -0.4 is 15.0 Å². The van der Waals surface area contributed by atoms with Gasteiger partial charge in [-0.2, -0.15) is 0 Å². The van der Waals surface area contributed by atoms with E-state index >= 15 is 0 Å². The minimum Gasteiger partial charge on any atom is -0.497 e. The van der Waals surface area contributed by atoms with Crippen molar-refractivity contribution in [2.45, 2.75) is 11.7 Å². The van der Waals surface area contributed by atoms with Gasteiger partial charge in [-0.1, -0.05) is 27.7 Å². The molecule has 0 bridgehead atoms. The normalized spacial score (nSPS) is 12.7. The molecule has 0 fully saturated rings. The Morgan fingerprint density at radius 3 is 2.61 bits per heavy atom. The van der Waals surface area contributed by atoms with Crippen molar-refractivity contribution in [3.05, 3.63) is 53.0 Å². The van der Waals surface area contributed by atoms with E-state index in [0.29, 0.717) is 0 Å². The summed E-state index contributed by atoms with van der Waals surface area (Å²) < 4.78 is 8.23. The van der Waals surface area contributed by atoms with Gasteiger partial charge < -0.3 is 15.0 Å². The third kappa shape index (κ3) is 4.00. The van der Waals surface area contributed by atoms with Gasteiger partial charge >= 0.3 is 0 Å². The Bertz CT molecular complexity index is 975. The summed E-state index contributed by atoms with van der Waals surface area (Å²) >= 11 is 4.77. The van der Waals surface area contributed by atoms with Crippen LogP contribution >= 0.6 is 27.7 Å². The number of fused-ring (bicyclic) bond motifs is 1. The molecule has 1 amide bonds. The zero-order chi connectivity index (χ0) is 19.5. The molecule has 0 spiro atoms. The number of rotatable bonds is 6. The lowest BCUT2D eigenvalue weighted by molar-refractivity contribution is -0.113. The predicted octanol–water partition coefficient (Wildman–Crippen LogP) is 3.93. The lowest BCUT2D eigenvalue weighted by Crippen LogP contribution is -2.14. The minimum atomic E-state index is -0.0744. The number of carbonyl (C=O) groups excluding carboxylic acids is 1. The van der Waals surface area contributed by atoms with Gasteiger partial charge in [0.25, 0.3) is 0 Å². The summed E-state index contributed by atoms with van der Waals surface area (Å²) in [6.07, 6.45) is 0. The van der Waals surface area contributed by atoms with Gasteiger partial charge in [0.2, 0.25) is 11.9 Å². The maximum atomic E-state index is 12.2. The topological polar surface area (TPSA) is 72.3 Å². The molecule has 144 valence electrons. The van der Waals surface area contributed by atoms with E-state index in [2.05, 4.69) is 36.3 Å². The van der Waals surface area contributed by atoms with Crippen LogP contribution in [0.5, 0.6) is 5.75 Å². The van der Waals surface area contributed by atoms with E-state index in [-0.39, 0.29) is 11.7 Å². The number of aromatic nitrogens is 3. The fourth-order valence-corrected chi connectivity index (χ4v) is 3.97. The largest absolute Gasteiger partial charge is 0.497 e. The van der Waals surface area contributed by atoms with Crippen LogP contribution in [0.25, 0.3) is 0 Å². The number of nitrogens with zero attached hydrogens (tertiary/aromatic N) is 4. The highest BCUT2D eigenvalue weighted by molar-refractivity contribution is 9.10. The average molecular weight is 460 g/mol. The molecule has 4 rings (SSSR count). The van der Waals surface area contributed by atoms with Gasteiger partial charge in [0, 0.05) is 28.9 Å². The lowest BCUT2D eigenvalue weighted by atomic mass is 10.3.